The number of amides is 1. The van der Waals surface area contributed by atoms with Gasteiger partial charge in [0, 0.05) is 37.8 Å². The molecule has 1 spiro atoms. The standard InChI is InChI=1S/C18H21N3O2S.C2HF3O2/c22-17(15-4-3-11-24-15)21-9-10-23-14-18(13-21)6-8-20(12-18)16-5-1-2-7-19-16;3-2(4,5)1(6)7/h1-5,7,11H,6,8-10,12-14H2;(H,6,7). The molecule has 4 rings (SSSR count). The molecule has 1 unspecified atom stereocenters. The maximum absolute atomic E-state index is 12.8. The van der Waals surface area contributed by atoms with Gasteiger partial charge in [0.1, 0.15) is 5.82 Å². The van der Waals surface area contributed by atoms with Crippen LogP contribution >= 0.6 is 11.3 Å². The van der Waals surface area contributed by atoms with E-state index in [4.69, 9.17) is 14.6 Å². The van der Waals surface area contributed by atoms with Crippen LogP contribution in [0.3, 0.4) is 0 Å². The average molecular weight is 457 g/mol. The molecule has 2 aromatic rings. The van der Waals surface area contributed by atoms with E-state index in [9.17, 15) is 18.0 Å². The zero-order valence-electron chi connectivity index (χ0n) is 16.5. The summed E-state index contributed by atoms with van der Waals surface area (Å²) in [5, 5.41) is 9.08. The van der Waals surface area contributed by atoms with Gasteiger partial charge in [-0.1, -0.05) is 12.1 Å². The summed E-state index contributed by atoms with van der Waals surface area (Å²) in [7, 11) is 0. The highest BCUT2D eigenvalue weighted by Gasteiger charge is 2.42. The van der Waals surface area contributed by atoms with Gasteiger partial charge >= 0.3 is 12.1 Å². The van der Waals surface area contributed by atoms with Gasteiger partial charge in [0.15, 0.2) is 0 Å². The van der Waals surface area contributed by atoms with Crippen LogP contribution in [0.25, 0.3) is 0 Å². The molecule has 2 aromatic heterocycles. The zero-order valence-corrected chi connectivity index (χ0v) is 17.4. The minimum Gasteiger partial charge on any atom is -0.475 e. The predicted octanol–water partition coefficient (Wildman–Crippen LogP) is 3.15. The normalized spacial score (nSPS) is 21.4. The Morgan fingerprint density at radius 3 is 2.55 bits per heavy atom. The molecule has 7 nitrogen and oxygen atoms in total. The molecule has 2 aliphatic heterocycles. The SMILES string of the molecule is O=C(O)C(F)(F)F.O=C(c1cccs1)N1CCOCC2(CCN(c3ccccn3)C2)C1. The fraction of sp³-hybridized carbons (Fsp3) is 0.450. The summed E-state index contributed by atoms with van der Waals surface area (Å²) in [6.45, 7) is 4.60. The highest BCUT2D eigenvalue weighted by Crippen LogP contribution is 2.35. The van der Waals surface area contributed by atoms with Crippen molar-refractivity contribution in [3.8, 4) is 0 Å². The Balaban J connectivity index is 0.000000339. The van der Waals surface area contributed by atoms with E-state index in [1.54, 1.807) is 0 Å². The van der Waals surface area contributed by atoms with Gasteiger partial charge in [0.25, 0.3) is 5.91 Å². The number of carbonyl (C=O) groups excluding carboxylic acids is 1. The van der Waals surface area contributed by atoms with E-state index in [-0.39, 0.29) is 11.3 Å². The van der Waals surface area contributed by atoms with E-state index < -0.39 is 12.1 Å². The van der Waals surface area contributed by atoms with Crippen LogP contribution in [-0.2, 0) is 9.53 Å². The molecule has 168 valence electrons. The van der Waals surface area contributed by atoms with Crippen LogP contribution in [0.4, 0.5) is 19.0 Å². The summed E-state index contributed by atoms with van der Waals surface area (Å²) in [5.41, 5.74) is 0.000933. The van der Waals surface area contributed by atoms with Gasteiger partial charge in [-0.25, -0.2) is 9.78 Å². The number of hydrogen-bond acceptors (Lipinski definition) is 6. The van der Waals surface area contributed by atoms with Gasteiger partial charge in [-0.3, -0.25) is 4.79 Å². The molecule has 2 fully saturated rings. The fourth-order valence-electron chi connectivity index (χ4n) is 3.64. The van der Waals surface area contributed by atoms with E-state index in [2.05, 4.69) is 9.88 Å². The number of aliphatic carboxylic acids is 1. The van der Waals surface area contributed by atoms with Gasteiger partial charge in [0.05, 0.1) is 18.1 Å². The summed E-state index contributed by atoms with van der Waals surface area (Å²) in [4.78, 5) is 31.2. The number of halogens is 3. The first kappa shape index (κ1) is 23.0. The van der Waals surface area contributed by atoms with E-state index in [1.807, 2.05) is 46.8 Å². The van der Waals surface area contributed by atoms with E-state index >= 15 is 0 Å². The third kappa shape index (κ3) is 5.95. The second-order valence-corrected chi connectivity index (χ2v) is 8.37. The maximum atomic E-state index is 12.8. The van der Waals surface area contributed by atoms with Gasteiger partial charge in [-0.05, 0) is 30.0 Å². The lowest BCUT2D eigenvalue weighted by Gasteiger charge is -2.31. The van der Waals surface area contributed by atoms with Crippen molar-refractivity contribution in [2.75, 3.05) is 44.3 Å². The van der Waals surface area contributed by atoms with E-state index in [1.165, 1.54) is 11.3 Å². The van der Waals surface area contributed by atoms with Crippen LogP contribution in [0.2, 0.25) is 0 Å². The van der Waals surface area contributed by atoms with Crippen molar-refractivity contribution in [2.45, 2.75) is 12.6 Å². The number of ether oxygens (including phenoxy) is 1. The largest absolute Gasteiger partial charge is 0.490 e. The zero-order chi connectivity index (χ0) is 22.5. The number of rotatable bonds is 2. The Hall–Kier alpha value is -2.66. The molecule has 0 radical (unpaired) electrons. The van der Waals surface area contributed by atoms with Crippen molar-refractivity contribution in [2.24, 2.45) is 5.41 Å². The minimum atomic E-state index is -5.08. The summed E-state index contributed by atoms with van der Waals surface area (Å²) in [6, 6.07) is 9.83. The summed E-state index contributed by atoms with van der Waals surface area (Å²) in [5.74, 6) is -1.62. The third-order valence-corrected chi connectivity index (χ3v) is 5.97. The van der Waals surface area contributed by atoms with E-state index in [0.29, 0.717) is 19.8 Å². The van der Waals surface area contributed by atoms with Crippen molar-refractivity contribution in [1.82, 2.24) is 9.88 Å². The van der Waals surface area contributed by atoms with Crippen LogP contribution in [-0.4, -0.2) is 72.4 Å². The number of anilines is 1. The van der Waals surface area contributed by atoms with Crippen LogP contribution in [0, 0.1) is 5.41 Å². The number of nitrogens with zero attached hydrogens (tertiary/aromatic N) is 3. The molecule has 0 aromatic carbocycles. The molecule has 1 N–H and O–H groups in total. The number of hydrogen-bond donors (Lipinski definition) is 1. The van der Waals surface area contributed by atoms with Crippen LogP contribution in [0.15, 0.2) is 41.9 Å². The second-order valence-electron chi connectivity index (χ2n) is 7.42. The lowest BCUT2D eigenvalue weighted by molar-refractivity contribution is -0.192. The number of alkyl halides is 3. The quantitative estimate of drug-likeness (QED) is 0.746. The van der Waals surface area contributed by atoms with Crippen molar-refractivity contribution < 1.29 is 32.6 Å². The molecule has 2 aliphatic rings. The minimum absolute atomic E-state index is 0.000933. The van der Waals surface area contributed by atoms with E-state index in [0.717, 1.165) is 36.8 Å². The van der Waals surface area contributed by atoms with Crippen molar-refractivity contribution in [3.63, 3.8) is 0 Å². The first-order chi connectivity index (χ1) is 14.7. The molecular weight excluding hydrogens is 435 g/mol. The van der Waals surface area contributed by atoms with Gasteiger partial charge in [0.2, 0.25) is 0 Å². The Morgan fingerprint density at radius 1 is 1.16 bits per heavy atom. The third-order valence-electron chi connectivity index (χ3n) is 5.11. The van der Waals surface area contributed by atoms with Crippen LogP contribution in [0.1, 0.15) is 16.1 Å². The molecule has 1 atom stereocenters. The number of carbonyl (C=O) groups is 2. The lowest BCUT2D eigenvalue weighted by atomic mass is 9.87. The fourth-order valence-corrected chi connectivity index (χ4v) is 4.33. The van der Waals surface area contributed by atoms with Gasteiger partial charge in [-0.2, -0.15) is 13.2 Å². The molecule has 0 saturated carbocycles. The Labute approximate surface area is 181 Å². The number of thiophene rings is 1. The number of carboxylic acid groups (broad SMARTS) is 1. The van der Waals surface area contributed by atoms with Crippen LogP contribution in [0.5, 0.6) is 0 Å². The topological polar surface area (TPSA) is 83.0 Å². The lowest BCUT2D eigenvalue weighted by Crippen LogP contribution is -2.43. The molecule has 1 amide bonds. The first-order valence-corrected chi connectivity index (χ1v) is 10.4. The summed E-state index contributed by atoms with van der Waals surface area (Å²) >= 11 is 1.51. The van der Waals surface area contributed by atoms with Crippen molar-refractivity contribution >= 4 is 29.0 Å². The second kappa shape index (κ2) is 9.65. The van der Waals surface area contributed by atoms with Crippen LogP contribution < -0.4 is 4.90 Å². The predicted molar refractivity (Wildman–Crippen MR) is 108 cm³/mol. The monoisotopic (exact) mass is 457 g/mol. The number of carboxylic acids is 1. The number of aromatic nitrogens is 1. The summed E-state index contributed by atoms with van der Waals surface area (Å²) < 4.78 is 37.6. The Morgan fingerprint density at radius 2 is 1.94 bits per heavy atom. The number of pyridine rings is 1. The molecule has 0 bridgehead atoms. The smallest absolute Gasteiger partial charge is 0.475 e. The average Bonchev–Trinajstić information content (AvgIpc) is 3.36. The van der Waals surface area contributed by atoms with Crippen molar-refractivity contribution in [3.05, 3.63) is 46.8 Å². The molecule has 0 aliphatic carbocycles. The van der Waals surface area contributed by atoms with Crippen molar-refractivity contribution in [1.29, 1.82) is 0 Å². The van der Waals surface area contributed by atoms with Gasteiger partial charge in [-0.15, -0.1) is 11.3 Å². The van der Waals surface area contributed by atoms with Gasteiger partial charge < -0.3 is 19.6 Å². The maximum Gasteiger partial charge on any atom is 0.490 e. The summed E-state index contributed by atoms with van der Waals surface area (Å²) in [6.07, 6.45) is -2.23. The Bertz CT molecular complexity index is 880. The molecule has 4 heterocycles. The molecule has 11 heteroatoms. The molecule has 2 saturated heterocycles. The first-order valence-electron chi connectivity index (χ1n) is 9.57. The molecular formula is C20H22F3N3O4S. The highest BCUT2D eigenvalue weighted by atomic mass is 32.1. The highest BCUT2D eigenvalue weighted by molar-refractivity contribution is 7.12. The molecule has 31 heavy (non-hydrogen) atoms. The Kier molecular flexibility index (Phi) is 7.16.